The zero-order chi connectivity index (χ0) is 48.6. The second kappa shape index (κ2) is 54.4. The number of esters is 3. The third-order valence-electron chi connectivity index (χ3n) is 10.9. The molecule has 0 aliphatic carbocycles. The van der Waals surface area contributed by atoms with Gasteiger partial charge in [-0.1, -0.05) is 206 Å². The Labute approximate surface area is 412 Å². The minimum atomic E-state index is -0.805. The lowest BCUT2D eigenvalue weighted by Crippen LogP contribution is -2.30. The zero-order valence-corrected chi connectivity index (χ0v) is 43.1. The lowest BCUT2D eigenvalue weighted by atomic mass is 10.1. The van der Waals surface area contributed by atoms with Crippen LogP contribution in [-0.2, 0) is 28.6 Å². The minimum Gasteiger partial charge on any atom is -0.462 e. The van der Waals surface area contributed by atoms with Gasteiger partial charge in [0.15, 0.2) is 6.10 Å². The van der Waals surface area contributed by atoms with E-state index in [0.29, 0.717) is 19.3 Å². The van der Waals surface area contributed by atoms with Crippen LogP contribution in [0.1, 0.15) is 226 Å². The van der Waals surface area contributed by atoms with Crippen molar-refractivity contribution in [2.24, 2.45) is 0 Å². The van der Waals surface area contributed by atoms with Gasteiger partial charge in [-0.3, -0.25) is 14.4 Å². The minimum absolute atomic E-state index is 0.102. The fourth-order valence-electron chi connectivity index (χ4n) is 6.85. The second-order valence-electron chi connectivity index (χ2n) is 17.4. The molecule has 0 heterocycles. The molecule has 67 heavy (non-hydrogen) atoms. The van der Waals surface area contributed by atoms with E-state index in [2.05, 4.69) is 142 Å². The lowest BCUT2D eigenvalue weighted by Gasteiger charge is -2.18. The van der Waals surface area contributed by atoms with Crippen molar-refractivity contribution in [3.63, 3.8) is 0 Å². The van der Waals surface area contributed by atoms with E-state index in [9.17, 15) is 14.4 Å². The largest absolute Gasteiger partial charge is 0.462 e. The molecule has 0 radical (unpaired) electrons. The van der Waals surface area contributed by atoms with E-state index in [1.165, 1.54) is 32.1 Å². The maximum absolute atomic E-state index is 12.8. The highest BCUT2D eigenvalue weighted by Gasteiger charge is 2.19. The highest BCUT2D eigenvalue weighted by Crippen LogP contribution is 2.13. The Kier molecular flexibility index (Phi) is 51.0. The van der Waals surface area contributed by atoms with Crippen LogP contribution < -0.4 is 0 Å². The van der Waals surface area contributed by atoms with Gasteiger partial charge < -0.3 is 14.2 Å². The molecule has 0 aliphatic rings. The Morgan fingerprint density at radius 1 is 0.313 bits per heavy atom. The highest BCUT2D eigenvalue weighted by atomic mass is 16.6. The maximum Gasteiger partial charge on any atom is 0.306 e. The number of carbonyl (C=O) groups excluding carboxylic acids is 3. The molecule has 0 aromatic carbocycles. The molecular weight excluding hydrogens is 829 g/mol. The van der Waals surface area contributed by atoms with E-state index in [1.807, 2.05) is 0 Å². The SMILES string of the molecule is CC/C=C\C/C=C\C/C=C\C/C=C\C/C=C\C/C=C\C/C=C\CCCCCC(=O)OCC(COC(=O)CCCCCCC/C=C\CCC)OC(=O)CCCCCCC/C=C\C/C=C\CCCC. The average molecular weight is 927 g/mol. The first-order valence-corrected chi connectivity index (χ1v) is 27.0. The smallest absolute Gasteiger partial charge is 0.306 e. The van der Waals surface area contributed by atoms with Gasteiger partial charge in [-0.25, -0.2) is 0 Å². The molecule has 0 bridgehead atoms. The summed E-state index contributed by atoms with van der Waals surface area (Å²) in [5, 5.41) is 0. The van der Waals surface area contributed by atoms with Gasteiger partial charge in [0.1, 0.15) is 13.2 Å². The van der Waals surface area contributed by atoms with Crippen LogP contribution >= 0.6 is 0 Å². The summed E-state index contributed by atoms with van der Waals surface area (Å²) in [6.07, 6.45) is 74.7. The van der Waals surface area contributed by atoms with E-state index in [-0.39, 0.29) is 31.1 Å². The maximum atomic E-state index is 12.8. The molecule has 0 aromatic heterocycles. The fourth-order valence-corrected chi connectivity index (χ4v) is 6.85. The first-order chi connectivity index (χ1) is 33.0. The molecule has 1 unspecified atom stereocenters. The van der Waals surface area contributed by atoms with Crippen LogP contribution in [0.3, 0.4) is 0 Å². The second-order valence-corrected chi connectivity index (χ2v) is 17.4. The molecule has 0 N–H and O–H groups in total. The number of rotatable bonds is 47. The quantitative estimate of drug-likeness (QED) is 0.0262. The van der Waals surface area contributed by atoms with Crippen molar-refractivity contribution in [2.75, 3.05) is 13.2 Å². The summed E-state index contributed by atoms with van der Waals surface area (Å²) in [6, 6.07) is 0. The van der Waals surface area contributed by atoms with Gasteiger partial charge in [0.25, 0.3) is 0 Å². The zero-order valence-electron chi connectivity index (χ0n) is 43.1. The Hall–Kier alpha value is -4.19. The van der Waals surface area contributed by atoms with Crippen molar-refractivity contribution in [2.45, 2.75) is 232 Å². The summed E-state index contributed by atoms with van der Waals surface area (Å²) in [6.45, 7) is 6.36. The molecule has 0 spiro atoms. The molecule has 6 nitrogen and oxygen atoms in total. The molecule has 0 fully saturated rings. The first-order valence-electron chi connectivity index (χ1n) is 27.0. The van der Waals surface area contributed by atoms with Crippen LogP contribution in [0.25, 0.3) is 0 Å². The molecule has 0 aliphatic heterocycles. The monoisotopic (exact) mass is 927 g/mol. The molecule has 0 rings (SSSR count). The number of carbonyl (C=O) groups is 3. The molecule has 378 valence electrons. The molecular formula is C61H98O6. The third kappa shape index (κ3) is 52.6. The van der Waals surface area contributed by atoms with Crippen LogP contribution in [-0.4, -0.2) is 37.2 Å². The van der Waals surface area contributed by atoms with Crippen molar-refractivity contribution in [3.05, 3.63) is 122 Å². The standard InChI is InChI=1S/C61H98O6/c1-4-7-10-13-16-19-22-24-26-27-28-29-30-31-32-33-34-35-36-38-39-42-45-48-51-54-60(63)66-57-58(56-65-59(62)53-50-47-44-41-21-18-15-12-9-6-3)67-61(64)55-52-49-46-43-40-37-25-23-20-17-14-11-8-5-2/h7,10,12,14-17,19,23-26,28-29,31-32,34-35,38-39,58H,4-6,8-9,11,13,18,20-22,27,30,33,36-37,40-57H2,1-3H3/b10-7-,15-12-,17-14-,19-16-,25-23-,26-24-,29-28-,32-31-,35-34-,39-38-. The summed E-state index contributed by atoms with van der Waals surface area (Å²) in [5.74, 6) is -0.968. The van der Waals surface area contributed by atoms with E-state index in [4.69, 9.17) is 14.2 Å². The fraction of sp³-hybridized carbons (Fsp3) is 0.623. The predicted octanol–water partition coefficient (Wildman–Crippen LogP) is 18.1. The molecule has 1 atom stereocenters. The van der Waals surface area contributed by atoms with Crippen molar-refractivity contribution >= 4 is 17.9 Å². The first kappa shape index (κ1) is 62.8. The van der Waals surface area contributed by atoms with Gasteiger partial charge in [-0.2, -0.15) is 0 Å². The topological polar surface area (TPSA) is 78.9 Å². The van der Waals surface area contributed by atoms with E-state index in [1.54, 1.807) is 0 Å². The van der Waals surface area contributed by atoms with Gasteiger partial charge in [0.05, 0.1) is 0 Å². The summed E-state index contributed by atoms with van der Waals surface area (Å²) < 4.78 is 16.7. The van der Waals surface area contributed by atoms with Crippen molar-refractivity contribution < 1.29 is 28.6 Å². The normalized spacial score (nSPS) is 13.1. The van der Waals surface area contributed by atoms with E-state index < -0.39 is 6.10 Å². The number of hydrogen-bond acceptors (Lipinski definition) is 6. The molecule has 0 aromatic rings. The van der Waals surface area contributed by atoms with Crippen LogP contribution in [0.2, 0.25) is 0 Å². The molecule has 6 heteroatoms. The van der Waals surface area contributed by atoms with Gasteiger partial charge >= 0.3 is 17.9 Å². The van der Waals surface area contributed by atoms with Crippen molar-refractivity contribution in [1.82, 2.24) is 0 Å². The van der Waals surface area contributed by atoms with Crippen LogP contribution in [0, 0.1) is 0 Å². The summed E-state index contributed by atoms with van der Waals surface area (Å²) in [7, 11) is 0. The van der Waals surface area contributed by atoms with E-state index >= 15 is 0 Å². The molecule has 0 saturated carbocycles. The Morgan fingerprint density at radius 3 is 1.00 bits per heavy atom. The number of ether oxygens (including phenoxy) is 3. The van der Waals surface area contributed by atoms with Gasteiger partial charge in [0.2, 0.25) is 0 Å². The van der Waals surface area contributed by atoms with Crippen molar-refractivity contribution in [3.8, 4) is 0 Å². The number of unbranched alkanes of at least 4 members (excludes halogenated alkanes) is 16. The average Bonchev–Trinajstić information content (AvgIpc) is 3.33. The Balaban J connectivity index is 4.40. The highest BCUT2D eigenvalue weighted by molar-refractivity contribution is 5.71. The van der Waals surface area contributed by atoms with E-state index in [0.717, 1.165) is 154 Å². The summed E-state index contributed by atoms with van der Waals surface area (Å²) >= 11 is 0. The molecule has 0 saturated heterocycles. The lowest BCUT2D eigenvalue weighted by molar-refractivity contribution is -0.167. The molecule has 0 amide bonds. The predicted molar refractivity (Wildman–Crippen MR) is 288 cm³/mol. The van der Waals surface area contributed by atoms with Crippen LogP contribution in [0.15, 0.2) is 122 Å². The van der Waals surface area contributed by atoms with Gasteiger partial charge in [0, 0.05) is 19.3 Å². The Bertz CT molecular complexity index is 1440. The number of allylic oxidation sites excluding steroid dienone is 20. The van der Waals surface area contributed by atoms with Gasteiger partial charge in [-0.05, 0) is 122 Å². The third-order valence-corrected chi connectivity index (χ3v) is 10.9. The van der Waals surface area contributed by atoms with Crippen molar-refractivity contribution in [1.29, 1.82) is 0 Å². The summed E-state index contributed by atoms with van der Waals surface area (Å²) in [5.41, 5.74) is 0. The van der Waals surface area contributed by atoms with Crippen LogP contribution in [0.4, 0.5) is 0 Å². The number of hydrogen-bond donors (Lipinski definition) is 0. The van der Waals surface area contributed by atoms with Gasteiger partial charge in [-0.15, -0.1) is 0 Å². The summed E-state index contributed by atoms with van der Waals surface area (Å²) in [4.78, 5) is 38.0. The Morgan fingerprint density at radius 2 is 0.612 bits per heavy atom. The van der Waals surface area contributed by atoms with Crippen LogP contribution in [0.5, 0.6) is 0 Å².